The fourth-order valence-corrected chi connectivity index (χ4v) is 1.49. The zero-order chi connectivity index (χ0) is 11.0. The van der Waals surface area contributed by atoms with Crippen LogP contribution in [-0.4, -0.2) is 9.78 Å². The lowest BCUT2D eigenvalue weighted by molar-refractivity contribution is 0.570. The molecular weight excluding hydrogens is 268 g/mol. The predicted octanol–water partition coefficient (Wildman–Crippen LogP) is 2.50. The summed E-state index contributed by atoms with van der Waals surface area (Å²) in [4.78, 5) is 0. The molecule has 0 aliphatic rings. The first-order chi connectivity index (χ1) is 7.08. The van der Waals surface area contributed by atoms with Crippen LogP contribution in [-0.2, 0) is 0 Å². The first kappa shape index (κ1) is 10.1. The van der Waals surface area contributed by atoms with Gasteiger partial charge in [-0.2, -0.15) is 5.10 Å². The molecule has 78 valence electrons. The van der Waals surface area contributed by atoms with Crippen LogP contribution >= 0.6 is 15.9 Å². The van der Waals surface area contributed by atoms with E-state index in [0.29, 0.717) is 0 Å². The van der Waals surface area contributed by atoms with Gasteiger partial charge < -0.3 is 5.73 Å². The van der Waals surface area contributed by atoms with Gasteiger partial charge in [-0.15, -0.1) is 0 Å². The molecule has 1 aromatic carbocycles. The van der Waals surface area contributed by atoms with E-state index < -0.39 is 11.6 Å². The van der Waals surface area contributed by atoms with Crippen LogP contribution in [0.3, 0.4) is 0 Å². The van der Waals surface area contributed by atoms with E-state index >= 15 is 0 Å². The van der Waals surface area contributed by atoms with Gasteiger partial charge in [-0.1, -0.05) is 0 Å². The third kappa shape index (κ3) is 1.85. The Hall–Kier alpha value is -1.43. The number of nitrogens with zero attached hydrogens (tertiary/aromatic N) is 2. The van der Waals surface area contributed by atoms with E-state index in [9.17, 15) is 8.78 Å². The van der Waals surface area contributed by atoms with Crippen molar-refractivity contribution in [3.8, 4) is 5.69 Å². The summed E-state index contributed by atoms with van der Waals surface area (Å²) >= 11 is 2.97. The van der Waals surface area contributed by atoms with E-state index in [1.807, 2.05) is 0 Å². The molecule has 0 bridgehead atoms. The summed E-state index contributed by atoms with van der Waals surface area (Å²) in [7, 11) is 0. The number of halogens is 3. The minimum Gasteiger partial charge on any atom is -0.382 e. The molecule has 3 nitrogen and oxygen atoms in total. The lowest BCUT2D eigenvalue weighted by atomic mass is 10.3. The molecule has 0 saturated heterocycles. The van der Waals surface area contributed by atoms with Gasteiger partial charge in [0.2, 0.25) is 0 Å². The van der Waals surface area contributed by atoms with Crippen LogP contribution in [0.4, 0.5) is 14.6 Å². The van der Waals surface area contributed by atoms with Gasteiger partial charge in [-0.3, -0.25) is 0 Å². The molecule has 0 fully saturated rings. The molecule has 0 amide bonds. The van der Waals surface area contributed by atoms with E-state index in [1.165, 1.54) is 23.0 Å². The minimum absolute atomic E-state index is 0.139. The highest BCUT2D eigenvalue weighted by Gasteiger charge is 2.10. The fourth-order valence-electron chi connectivity index (χ4n) is 1.16. The van der Waals surface area contributed by atoms with Crippen molar-refractivity contribution < 1.29 is 8.78 Å². The third-order valence-electron chi connectivity index (χ3n) is 1.85. The molecule has 1 heterocycles. The number of nitrogens with two attached hydrogens (primary N) is 1. The van der Waals surface area contributed by atoms with Crippen molar-refractivity contribution in [3.05, 3.63) is 40.5 Å². The molecule has 2 aromatic rings. The smallest absolute Gasteiger partial charge is 0.151 e. The highest BCUT2D eigenvalue weighted by Crippen LogP contribution is 2.22. The molecule has 0 radical (unpaired) electrons. The van der Waals surface area contributed by atoms with Crippen molar-refractivity contribution in [2.45, 2.75) is 0 Å². The van der Waals surface area contributed by atoms with Gasteiger partial charge in [0.25, 0.3) is 0 Å². The molecule has 6 heteroatoms. The maximum atomic E-state index is 13.4. The quantitative estimate of drug-likeness (QED) is 0.812. The predicted molar refractivity (Wildman–Crippen MR) is 55.6 cm³/mol. The molecule has 0 atom stereocenters. The van der Waals surface area contributed by atoms with Crippen LogP contribution in [0.5, 0.6) is 0 Å². The molecule has 0 spiro atoms. The largest absolute Gasteiger partial charge is 0.382 e. The van der Waals surface area contributed by atoms with Crippen molar-refractivity contribution in [3.63, 3.8) is 0 Å². The maximum absolute atomic E-state index is 13.4. The van der Waals surface area contributed by atoms with Crippen LogP contribution in [0.2, 0.25) is 0 Å². The lowest BCUT2D eigenvalue weighted by Crippen LogP contribution is -2.00. The Morgan fingerprint density at radius 1 is 1.27 bits per heavy atom. The third-order valence-corrected chi connectivity index (χ3v) is 2.45. The standard InChI is InChI=1S/C9H6BrF2N3/c10-5-3-8(7(12)4-6(5)11)15-2-1-9(13)14-15/h1-4H,(H2,13,14). The van der Waals surface area contributed by atoms with E-state index in [4.69, 9.17) is 5.73 Å². The zero-order valence-corrected chi connectivity index (χ0v) is 9.00. The second-order valence-corrected chi connectivity index (χ2v) is 3.76. The van der Waals surface area contributed by atoms with Gasteiger partial charge in [0.1, 0.15) is 17.3 Å². The molecule has 0 aliphatic carbocycles. The van der Waals surface area contributed by atoms with Crippen LogP contribution in [0, 0.1) is 11.6 Å². The van der Waals surface area contributed by atoms with E-state index in [-0.39, 0.29) is 16.0 Å². The molecule has 15 heavy (non-hydrogen) atoms. The Morgan fingerprint density at radius 2 is 2.00 bits per heavy atom. The SMILES string of the molecule is Nc1ccn(-c2cc(Br)c(F)cc2F)n1. The Labute approximate surface area is 92.6 Å². The molecule has 2 rings (SSSR count). The summed E-state index contributed by atoms with van der Waals surface area (Å²) in [5, 5.41) is 3.82. The van der Waals surface area contributed by atoms with Gasteiger partial charge in [0.05, 0.1) is 4.47 Å². The average Bonchev–Trinajstić information content (AvgIpc) is 2.58. The summed E-state index contributed by atoms with van der Waals surface area (Å²) in [6, 6.07) is 3.62. The fraction of sp³-hybridized carbons (Fsp3) is 0. The molecule has 0 saturated carbocycles. The molecular formula is C9H6BrF2N3. The lowest BCUT2D eigenvalue weighted by Gasteiger charge is -2.04. The first-order valence-electron chi connectivity index (χ1n) is 4.04. The van der Waals surface area contributed by atoms with Gasteiger partial charge in [0.15, 0.2) is 5.82 Å². The van der Waals surface area contributed by atoms with Crippen LogP contribution < -0.4 is 5.73 Å². The Morgan fingerprint density at radius 3 is 2.60 bits per heavy atom. The number of benzene rings is 1. The van der Waals surface area contributed by atoms with E-state index in [0.717, 1.165) is 6.07 Å². The van der Waals surface area contributed by atoms with Gasteiger partial charge in [-0.25, -0.2) is 13.5 Å². The highest BCUT2D eigenvalue weighted by atomic mass is 79.9. The first-order valence-corrected chi connectivity index (χ1v) is 4.83. The van der Waals surface area contributed by atoms with Crippen molar-refractivity contribution in [2.24, 2.45) is 0 Å². The average molecular weight is 274 g/mol. The molecule has 1 aromatic heterocycles. The van der Waals surface area contributed by atoms with Gasteiger partial charge in [0, 0.05) is 18.3 Å². The van der Waals surface area contributed by atoms with Crippen molar-refractivity contribution in [2.75, 3.05) is 5.73 Å². The second-order valence-electron chi connectivity index (χ2n) is 2.90. The Balaban J connectivity index is 2.58. The summed E-state index contributed by atoms with van der Waals surface area (Å²) < 4.78 is 27.7. The maximum Gasteiger partial charge on any atom is 0.151 e. The Bertz CT molecular complexity index is 510. The topological polar surface area (TPSA) is 43.8 Å². The van der Waals surface area contributed by atoms with Crippen LogP contribution in [0.25, 0.3) is 5.69 Å². The summed E-state index contributed by atoms with van der Waals surface area (Å²) in [6.07, 6.45) is 1.50. The van der Waals surface area contributed by atoms with Crippen molar-refractivity contribution in [1.82, 2.24) is 9.78 Å². The second kappa shape index (κ2) is 3.62. The summed E-state index contributed by atoms with van der Waals surface area (Å²) in [5.74, 6) is -1.08. The number of anilines is 1. The Kier molecular flexibility index (Phi) is 2.44. The van der Waals surface area contributed by atoms with E-state index in [2.05, 4.69) is 21.0 Å². The van der Waals surface area contributed by atoms with Crippen LogP contribution in [0.1, 0.15) is 0 Å². The number of nitrogen functional groups attached to an aromatic ring is 1. The number of aromatic nitrogens is 2. The zero-order valence-electron chi connectivity index (χ0n) is 7.42. The minimum atomic E-state index is -0.696. The number of rotatable bonds is 1. The normalized spacial score (nSPS) is 10.6. The molecule has 0 aliphatic heterocycles. The number of hydrogen-bond donors (Lipinski definition) is 1. The summed E-state index contributed by atoms with van der Waals surface area (Å²) in [6.45, 7) is 0. The monoisotopic (exact) mass is 273 g/mol. The van der Waals surface area contributed by atoms with Gasteiger partial charge >= 0.3 is 0 Å². The van der Waals surface area contributed by atoms with Crippen molar-refractivity contribution in [1.29, 1.82) is 0 Å². The molecule has 2 N–H and O–H groups in total. The molecule has 0 unspecified atom stereocenters. The summed E-state index contributed by atoms with van der Waals surface area (Å²) in [5.41, 5.74) is 5.53. The van der Waals surface area contributed by atoms with Crippen LogP contribution in [0.15, 0.2) is 28.9 Å². The van der Waals surface area contributed by atoms with E-state index in [1.54, 1.807) is 0 Å². The van der Waals surface area contributed by atoms with Gasteiger partial charge in [-0.05, 0) is 22.0 Å². The van der Waals surface area contributed by atoms with Crippen molar-refractivity contribution >= 4 is 21.7 Å². The number of hydrogen-bond acceptors (Lipinski definition) is 2. The highest BCUT2D eigenvalue weighted by molar-refractivity contribution is 9.10.